The minimum Gasteiger partial charge on any atom is -0.508 e. The van der Waals surface area contributed by atoms with E-state index in [0.717, 1.165) is 0 Å². The Morgan fingerprint density at radius 1 is 1.50 bits per heavy atom. The average Bonchev–Trinajstić information content (AvgIpc) is 2.16. The molecule has 0 saturated heterocycles. The van der Waals surface area contributed by atoms with Gasteiger partial charge < -0.3 is 10.0 Å². The van der Waals surface area contributed by atoms with Crippen molar-refractivity contribution < 1.29 is 9.90 Å². The van der Waals surface area contributed by atoms with E-state index < -0.39 is 0 Å². The van der Waals surface area contributed by atoms with E-state index in [0.29, 0.717) is 0 Å². The molecule has 14 heavy (non-hydrogen) atoms. The molecule has 0 atom stereocenters. The first-order valence-electron chi connectivity index (χ1n) is 4.01. The predicted molar refractivity (Wildman–Crippen MR) is 50.8 cm³/mol. The van der Waals surface area contributed by atoms with Crippen LogP contribution < -0.4 is 0 Å². The van der Waals surface area contributed by atoms with Gasteiger partial charge in [0, 0.05) is 14.1 Å². The molecule has 1 aromatic rings. The van der Waals surface area contributed by atoms with Crippen molar-refractivity contribution in [2.45, 2.75) is 0 Å². The van der Waals surface area contributed by atoms with Crippen LogP contribution in [-0.2, 0) is 0 Å². The summed E-state index contributed by atoms with van der Waals surface area (Å²) >= 11 is 0. The third kappa shape index (κ3) is 1.83. The first kappa shape index (κ1) is 10.1. The van der Waals surface area contributed by atoms with E-state index in [9.17, 15) is 9.90 Å². The Labute approximate surface area is 82.0 Å². The molecule has 0 aliphatic carbocycles. The zero-order valence-corrected chi connectivity index (χ0v) is 7.98. The summed E-state index contributed by atoms with van der Waals surface area (Å²) in [5.74, 6) is -0.313. The fourth-order valence-electron chi connectivity index (χ4n) is 1.05. The third-order valence-corrected chi connectivity index (χ3v) is 1.76. The van der Waals surface area contributed by atoms with E-state index in [2.05, 4.69) is 0 Å². The van der Waals surface area contributed by atoms with Crippen LogP contribution in [0.4, 0.5) is 0 Å². The minimum absolute atomic E-state index is 0.0193. The van der Waals surface area contributed by atoms with E-state index >= 15 is 0 Å². The molecule has 0 bridgehead atoms. The number of hydrogen-bond donors (Lipinski definition) is 1. The van der Waals surface area contributed by atoms with Crippen LogP contribution in [0, 0.1) is 11.3 Å². The van der Waals surface area contributed by atoms with Gasteiger partial charge in [0.05, 0.1) is 17.2 Å². The van der Waals surface area contributed by atoms with Gasteiger partial charge >= 0.3 is 0 Å². The molecule has 72 valence electrons. The highest BCUT2D eigenvalue weighted by atomic mass is 16.3. The van der Waals surface area contributed by atoms with Crippen LogP contribution in [0.25, 0.3) is 0 Å². The number of aromatic hydroxyl groups is 1. The number of phenolic OH excluding ortho intramolecular Hbond substituents is 1. The quantitative estimate of drug-likeness (QED) is 0.717. The molecule has 1 N–H and O–H groups in total. The van der Waals surface area contributed by atoms with Crippen molar-refractivity contribution in [2.75, 3.05) is 14.1 Å². The van der Waals surface area contributed by atoms with Crippen molar-refractivity contribution in [3.05, 3.63) is 29.3 Å². The molecular weight excluding hydrogens is 180 g/mol. The van der Waals surface area contributed by atoms with Crippen LogP contribution in [0.5, 0.6) is 5.75 Å². The second-order valence-corrected chi connectivity index (χ2v) is 3.04. The normalized spacial score (nSPS) is 9.21. The van der Waals surface area contributed by atoms with Crippen molar-refractivity contribution >= 4 is 5.91 Å². The Balaban J connectivity index is 3.26. The van der Waals surface area contributed by atoms with E-state index in [4.69, 9.17) is 5.26 Å². The molecule has 0 fully saturated rings. The lowest BCUT2D eigenvalue weighted by atomic mass is 10.1. The Hall–Kier alpha value is -2.02. The highest BCUT2D eigenvalue weighted by molar-refractivity contribution is 5.96. The highest BCUT2D eigenvalue weighted by Gasteiger charge is 2.13. The number of benzene rings is 1. The summed E-state index contributed by atoms with van der Waals surface area (Å²) in [6.45, 7) is 0. The molecule has 0 aliphatic heterocycles. The van der Waals surface area contributed by atoms with Crippen molar-refractivity contribution in [1.29, 1.82) is 5.26 Å². The molecule has 0 unspecified atom stereocenters. The highest BCUT2D eigenvalue weighted by Crippen LogP contribution is 2.16. The summed E-state index contributed by atoms with van der Waals surface area (Å²) in [7, 11) is 3.18. The fraction of sp³-hybridized carbons (Fsp3) is 0.200. The lowest BCUT2D eigenvalue weighted by molar-refractivity contribution is 0.0827. The molecule has 0 aliphatic rings. The van der Waals surface area contributed by atoms with Crippen molar-refractivity contribution in [1.82, 2.24) is 4.90 Å². The standard InChI is InChI=1S/C10H10N2O2/c1-12(2)10(14)9-5-8(13)4-3-7(9)6-11/h3-5,13H,1-2H3. The minimum atomic E-state index is -0.294. The van der Waals surface area contributed by atoms with Gasteiger partial charge in [-0.25, -0.2) is 0 Å². The number of nitrogens with zero attached hydrogens (tertiary/aromatic N) is 2. The van der Waals surface area contributed by atoms with Gasteiger partial charge in [0.25, 0.3) is 5.91 Å². The van der Waals surface area contributed by atoms with Crippen LogP contribution in [-0.4, -0.2) is 30.0 Å². The first-order chi connectivity index (χ1) is 6.56. The number of phenols is 1. The number of hydrogen-bond acceptors (Lipinski definition) is 3. The number of rotatable bonds is 1. The van der Waals surface area contributed by atoms with Crippen molar-refractivity contribution in [3.8, 4) is 11.8 Å². The smallest absolute Gasteiger partial charge is 0.254 e. The van der Waals surface area contributed by atoms with Gasteiger partial charge in [0.15, 0.2) is 0 Å². The van der Waals surface area contributed by atoms with Crippen LogP contribution >= 0.6 is 0 Å². The van der Waals surface area contributed by atoms with E-state index in [-0.39, 0.29) is 22.8 Å². The van der Waals surface area contributed by atoms with E-state index in [1.807, 2.05) is 6.07 Å². The number of carbonyl (C=O) groups is 1. The molecule has 4 nitrogen and oxygen atoms in total. The Kier molecular flexibility index (Phi) is 2.73. The van der Waals surface area contributed by atoms with Gasteiger partial charge in [-0.1, -0.05) is 0 Å². The maximum Gasteiger partial charge on any atom is 0.254 e. The van der Waals surface area contributed by atoms with Gasteiger partial charge in [-0.05, 0) is 18.2 Å². The summed E-state index contributed by atoms with van der Waals surface area (Å²) in [5, 5.41) is 17.9. The van der Waals surface area contributed by atoms with Gasteiger partial charge in [0.1, 0.15) is 5.75 Å². The zero-order valence-electron chi connectivity index (χ0n) is 7.98. The largest absolute Gasteiger partial charge is 0.508 e. The average molecular weight is 190 g/mol. The van der Waals surface area contributed by atoms with Crippen LogP contribution in [0.1, 0.15) is 15.9 Å². The van der Waals surface area contributed by atoms with E-state index in [1.54, 1.807) is 14.1 Å². The maximum absolute atomic E-state index is 11.5. The van der Waals surface area contributed by atoms with E-state index in [1.165, 1.54) is 23.1 Å². The summed E-state index contributed by atoms with van der Waals surface area (Å²) in [6.07, 6.45) is 0. The molecule has 1 amide bonds. The third-order valence-electron chi connectivity index (χ3n) is 1.76. The lowest BCUT2D eigenvalue weighted by Gasteiger charge is -2.11. The predicted octanol–water partition coefficient (Wildman–Crippen LogP) is 0.966. The van der Waals surface area contributed by atoms with Crippen molar-refractivity contribution in [3.63, 3.8) is 0 Å². The van der Waals surface area contributed by atoms with Crippen LogP contribution in [0.15, 0.2) is 18.2 Å². The Morgan fingerprint density at radius 3 is 2.64 bits per heavy atom. The molecule has 0 saturated carbocycles. The molecular formula is C10H10N2O2. The van der Waals surface area contributed by atoms with Crippen LogP contribution in [0.2, 0.25) is 0 Å². The number of amides is 1. The van der Waals surface area contributed by atoms with Gasteiger partial charge in [-0.2, -0.15) is 5.26 Å². The van der Waals surface area contributed by atoms with Gasteiger partial charge in [0.2, 0.25) is 0 Å². The van der Waals surface area contributed by atoms with Crippen molar-refractivity contribution in [2.24, 2.45) is 0 Å². The van der Waals surface area contributed by atoms with Gasteiger partial charge in [-0.3, -0.25) is 4.79 Å². The molecule has 0 heterocycles. The fourth-order valence-corrected chi connectivity index (χ4v) is 1.05. The second kappa shape index (κ2) is 3.79. The summed E-state index contributed by atoms with van der Waals surface area (Å²) in [4.78, 5) is 12.9. The monoisotopic (exact) mass is 190 g/mol. The molecule has 1 rings (SSSR count). The summed E-state index contributed by atoms with van der Waals surface area (Å²) in [5.41, 5.74) is 0.485. The molecule has 0 radical (unpaired) electrons. The lowest BCUT2D eigenvalue weighted by Crippen LogP contribution is -2.22. The molecule has 0 spiro atoms. The maximum atomic E-state index is 11.5. The Bertz CT molecular complexity index is 405. The topological polar surface area (TPSA) is 64.3 Å². The Morgan fingerprint density at radius 2 is 2.14 bits per heavy atom. The number of nitriles is 1. The summed E-state index contributed by atoms with van der Waals surface area (Å²) < 4.78 is 0. The molecule has 4 heteroatoms. The van der Waals surface area contributed by atoms with Crippen LogP contribution in [0.3, 0.4) is 0 Å². The summed E-state index contributed by atoms with van der Waals surface area (Å²) in [6, 6.07) is 6.00. The molecule has 1 aromatic carbocycles. The first-order valence-corrected chi connectivity index (χ1v) is 4.01. The second-order valence-electron chi connectivity index (χ2n) is 3.04. The van der Waals surface area contributed by atoms with Gasteiger partial charge in [-0.15, -0.1) is 0 Å². The zero-order chi connectivity index (χ0) is 10.7. The SMILES string of the molecule is CN(C)C(=O)c1cc(O)ccc1C#N. The number of carbonyl (C=O) groups excluding carboxylic acids is 1. The molecule has 0 aromatic heterocycles.